The van der Waals surface area contributed by atoms with Crippen LogP contribution in [0.15, 0.2) is 17.9 Å². The highest BCUT2D eigenvalue weighted by molar-refractivity contribution is 5.78. The number of allylic oxidation sites excluding steroid dienone is 1. The first-order valence-corrected chi connectivity index (χ1v) is 3.81. The summed E-state index contributed by atoms with van der Waals surface area (Å²) in [6, 6.07) is 0. The van der Waals surface area contributed by atoms with Crippen molar-refractivity contribution in [2.24, 2.45) is 0 Å². The van der Waals surface area contributed by atoms with Gasteiger partial charge in [0, 0.05) is 12.8 Å². The number of Topliss-reactive ketones (excluding diaryl/α,β-unsaturated/α-hetero) is 1. The van der Waals surface area contributed by atoms with Crippen LogP contribution in [0.25, 0.3) is 0 Å². The van der Waals surface area contributed by atoms with Crippen LogP contribution in [0, 0.1) is 0 Å². The summed E-state index contributed by atoms with van der Waals surface area (Å²) in [5.74, 6) is 0.397. The van der Waals surface area contributed by atoms with Crippen LogP contribution >= 0.6 is 0 Å². The van der Waals surface area contributed by atoms with E-state index in [0.717, 1.165) is 25.7 Å². The Morgan fingerprint density at radius 2 is 2.00 bits per heavy atom. The lowest BCUT2D eigenvalue weighted by Crippen LogP contribution is -1.95. The van der Waals surface area contributed by atoms with Crippen molar-refractivity contribution in [1.29, 1.82) is 0 Å². The second kappa shape index (κ2) is 4.08. The van der Waals surface area contributed by atoms with Gasteiger partial charge in [0.1, 0.15) is 5.78 Å². The second-order valence-corrected chi connectivity index (χ2v) is 2.54. The molecule has 0 aliphatic heterocycles. The van der Waals surface area contributed by atoms with Crippen LogP contribution in [-0.2, 0) is 4.79 Å². The average Bonchev–Trinajstić information content (AvgIpc) is 2.02. The highest BCUT2D eigenvalue weighted by Crippen LogP contribution is 2.04. The summed E-state index contributed by atoms with van der Waals surface area (Å²) < 4.78 is 0. The number of ketones is 1. The maximum absolute atomic E-state index is 10.9. The van der Waals surface area contributed by atoms with Gasteiger partial charge in [-0.1, -0.05) is 0 Å². The third kappa shape index (κ3) is 2.65. The van der Waals surface area contributed by atoms with Crippen molar-refractivity contribution in [3.8, 4) is 0 Å². The minimum Gasteiger partial charge on any atom is -0.300 e. The number of hydrogen-bond acceptors (Lipinski definition) is 1. The van der Waals surface area contributed by atoms with E-state index >= 15 is 0 Å². The van der Waals surface area contributed by atoms with Crippen LogP contribution < -0.4 is 0 Å². The molecule has 1 heteroatoms. The van der Waals surface area contributed by atoms with Gasteiger partial charge in [-0.3, -0.25) is 4.79 Å². The van der Waals surface area contributed by atoms with Gasteiger partial charge >= 0.3 is 0 Å². The van der Waals surface area contributed by atoms with Crippen molar-refractivity contribution in [2.45, 2.75) is 32.1 Å². The van der Waals surface area contributed by atoms with E-state index in [0.29, 0.717) is 12.2 Å². The Kier molecular flexibility index (Phi) is 2.98. The lowest BCUT2D eigenvalue weighted by atomic mass is 10.1. The van der Waals surface area contributed by atoms with E-state index in [2.05, 4.69) is 5.73 Å². The average molecular weight is 136 g/mol. The molecule has 0 aromatic carbocycles. The van der Waals surface area contributed by atoms with E-state index in [1.807, 2.05) is 12.2 Å². The Labute approximate surface area is 61.4 Å². The van der Waals surface area contributed by atoms with Crippen LogP contribution in [0.4, 0.5) is 0 Å². The van der Waals surface area contributed by atoms with E-state index < -0.39 is 0 Å². The fraction of sp³-hybridized carbons (Fsp3) is 0.556. The van der Waals surface area contributed by atoms with E-state index in [1.54, 1.807) is 0 Å². The van der Waals surface area contributed by atoms with Gasteiger partial charge in [0.05, 0.1) is 0 Å². The summed E-state index contributed by atoms with van der Waals surface area (Å²) in [6.07, 6.45) is 8.30. The summed E-state index contributed by atoms with van der Waals surface area (Å²) in [4.78, 5) is 10.9. The zero-order chi connectivity index (χ0) is 7.23. The van der Waals surface area contributed by atoms with Crippen molar-refractivity contribution in [2.75, 3.05) is 0 Å². The molecule has 0 heterocycles. The van der Waals surface area contributed by atoms with Crippen LogP contribution in [0.2, 0.25) is 0 Å². The molecule has 0 atom stereocenters. The van der Waals surface area contributed by atoms with Crippen molar-refractivity contribution in [3.63, 3.8) is 0 Å². The van der Waals surface area contributed by atoms with Crippen molar-refractivity contribution >= 4 is 5.78 Å². The summed E-state index contributed by atoms with van der Waals surface area (Å²) in [6.45, 7) is 0. The zero-order valence-corrected chi connectivity index (χ0v) is 6.10. The van der Waals surface area contributed by atoms with Gasteiger partial charge in [-0.05, 0) is 31.4 Å². The molecule has 54 valence electrons. The Hall–Kier alpha value is -0.810. The predicted octanol–water partition coefficient (Wildman–Crippen LogP) is 2.23. The molecule has 0 radical (unpaired) electrons. The Bertz CT molecular complexity index is 171. The smallest absolute Gasteiger partial charge is 0.133 e. The molecule has 0 saturated carbocycles. The molecule has 1 aliphatic rings. The van der Waals surface area contributed by atoms with Crippen LogP contribution in [-0.4, -0.2) is 5.78 Å². The fourth-order valence-corrected chi connectivity index (χ4v) is 1.01. The topological polar surface area (TPSA) is 17.1 Å². The Morgan fingerprint density at radius 1 is 1.20 bits per heavy atom. The Morgan fingerprint density at radius 3 is 2.90 bits per heavy atom. The lowest BCUT2D eigenvalue weighted by molar-refractivity contribution is -0.119. The fourth-order valence-electron chi connectivity index (χ4n) is 1.01. The van der Waals surface area contributed by atoms with E-state index in [9.17, 15) is 4.79 Å². The lowest BCUT2D eigenvalue weighted by Gasteiger charge is -1.93. The first-order valence-electron chi connectivity index (χ1n) is 3.81. The zero-order valence-electron chi connectivity index (χ0n) is 6.10. The third-order valence-electron chi connectivity index (χ3n) is 1.61. The molecule has 0 saturated heterocycles. The molecular weight excluding hydrogens is 124 g/mol. The van der Waals surface area contributed by atoms with Gasteiger partial charge in [0.2, 0.25) is 0 Å². The molecule has 0 unspecified atom stereocenters. The first kappa shape index (κ1) is 7.30. The molecule has 0 aromatic rings. The highest BCUT2D eigenvalue weighted by Gasteiger charge is 1.99. The van der Waals surface area contributed by atoms with Crippen molar-refractivity contribution < 1.29 is 4.79 Å². The summed E-state index contributed by atoms with van der Waals surface area (Å²) in [7, 11) is 0. The Balaban J connectivity index is 2.43. The summed E-state index contributed by atoms with van der Waals surface area (Å²) >= 11 is 0. The summed E-state index contributed by atoms with van der Waals surface area (Å²) in [5.41, 5.74) is 3.05. The number of hydrogen-bond donors (Lipinski definition) is 0. The van der Waals surface area contributed by atoms with Crippen molar-refractivity contribution in [3.05, 3.63) is 17.9 Å². The molecule has 0 bridgehead atoms. The van der Waals surface area contributed by atoms with Crippen LogP contribution in [0.1, 0.15) is 32.1 Å². The van der Waals surface area contributed by atoms with Gasteiger partial charge in [0.25, 0.3) is 0 Å². The molecule has 10 heavy (non-hydrogen) atoms. The number of carbonyl (C=O) groups is 1. The number of carbonyl (C=O) groups excluding carboxylic acids is 1. The van der Waals surface area contributed by atoms with Gasteiger partial charge in [-0.25, -0.2) is 0 Å². The minimum atomic E-state index is 0.397. The maximum Gasteiger partial charge on any atom is 0.133 e. The molecule has 1 nitrogen and oxygen atoms in total. The minimum absolute atomic E-state index is 0.397. The molecule has 1 rings (SSSR count). The van der Waals surface area contributed by atoms with E-state index in [-0.39, 0.29) is 0 Å². The van der Waals surface area contributed by atoms with Crippen LogP contribution in [0.5, 0.6) is 0 Å². The second-order valence-electron chi connectivity index (χ2n) is 2.54. The predicted molar refractivity (Wildman–Crippen MR) is 40.7 cm³/mol. The standard InChI is InChI=1S/C9H12O/c10-9-7-5-3-1-2-4-6-8-9/h1,4H,3,5-8H2. The first-order chi connectivity index (χ1) is 4.89. The molecule has 0 aromatic heterocycles. The third-order valence-corrected chi connectivity index (χ3v) is 1.61. The number of rotatable bonds is 0. The molecule has 0 spiro atoms. The van der Waals surface area contributed by atoms with Gasteiger partial charge in [-0.2, -0.15) is 0 Å². The quantitative estimate of drug-likeness (QED) is 0.467. The largest absolute Gasteiger partial charge is 0.300 e. The molecule has 0 amide bonds. The van der Waals surface area contributed by atoms with Crippen LogP contribution in [0.3, 0.4) is 0 Å². The summed E-state index contributed by atoms with van der Waals surface area (Å²) in [5, 5.41) is 0. The van der Waals surface area contributed by atoms with Gasteiger partial charge in [-0.15, -0.1) is 5.73 Å². The SMILES string of the molecule is O=C1CCC=C=CCCC1. The van der Waals surface area contributed by atoms with Gasteiger partial charge in [0.15, 0.2) is 0 Å². The molecule has 1 aliphatic carbocycles. The molecular formula is C9H12O. The maximum atomic E-state index is 10.9. The molecule has 0 fully saturated rings. The van der Waals surface area contributed by atoms with Crippen molar-refractivity contribution in [1.82, 2.24) is 0 Å². The van der Waals surface area contributed by atoms with E-state index in [4.69, 9.17) is 0 Å². The van der Waals surface area contributed by atoms with Gasteiger partial charge < -0.3 is 0 Å². The highest BCUT2D eigenvalue weighted by atomic mass is 16.1. The normalized spacial score (nSPS) is 19.8. The molecule has 0 N–H and O–H groups in total. The monoisotopic (exact) mass is 136 g/mol. The van der Waals surface area contributed by atoms with E-state index in [1.165, 1.54) is 0 Å².